The van der Waals surface area contributed by atoms with Crippen molar-refractivity contribution in [3.8, 4) is 0 Å². The maximum absolute atomic E-state index is 13.9. The molecule has 0 aromatic carbocycles. The summed E-state index contributed by atoms with van der Waals surface area (Å²) in [6, 6.07) is -0.238. The number of nitrogens with zero attached hydrogens (tertiary/aromatic N) is 2. The molecule has 2 unspecified atom stereocenters. The number of hydrogen-bond donors (Lipinski definition) is 3. The van der Waals surface area contributed by atoms with Gasteiger partial charge in [-0.2, -0.15) is 18.3 Å². The van der Waals surface area contributed by atoms with Gasteiger partial charge in [-0.05, 0) is 69.8 Å². The van der Waals surface area contributed by atoms with Gasteiger partial charge in [0.25, 0.3) is 5.91 Å². The summed E-state index contributed by atoms with van der Waals surface area (Å²) in [7, 11) is 0. The molecule has 0 spiro atoms. The molecule has 1 aromatic rings. The number of hydrogen-bond acceptors (Lipinski definition) is 4. The highest BCUT2D eigenvalue weighted by atomic mass is 19.4. The first kappa shape index (κ1) is 23.8. The maximum atomic E-state index is 13.9. The van der Waals surface area contributed by atoms with Gasteiger partial charge in [-0.3, -0.25) is 9.59 Å². The zero-order valence-corrected chi connectivity index (χ0v) is 19.1. The number of aromatic nitrogens is 2. The molecule has 2 amide bonds. The van der Waals surface area contributed by atoms with Crippen LogP contribution in [0.15, 0.2) is 12.3 Å². The molecule has 2 atom stereocenters. The van der Waals surface area contributed by atoms with E-state index in [4.69, 9.17) is 0 Å². The number of rotatable bonds is 6. The van der Waals surface area contributed by atoms with E-state index < -0.39 is 34.5 Å². The lowest BCUT2D eigenvalue weighted by Gasteiger charge is -2.58. The van der Waals surface area contributed by atoms with Crippen LogP contribution in [0.5, 0.6) is 0 Å². The predicted octanol–water partition coefficient (Wildman–Crippen LogP) is 3.35. The molecule has 4 aliphatic rings. The molecule has 7 nitrogen and oxygen atoms in total. The van der Waals surface area contributed by atoms with Gasteiger partial charge in [0.15, 0.2) is 5.69 Å². The number of aliphatic hydroxyl groups is 1. The molecule has 1 aromatic heterocycles. The van der Waals surface area contributed by atoms with Crippen LogP contribution in [0.1, 0.15) is 75.3 Å². The van der Waals surface area contributed by atoms with Crippen LogP contribution in [0.25, 0.3) is 6.20 Å². The van der Waals surface area contributed by atoms with E-state index in [1.807, 2.05) is 0 Å². The second-order valence-corrected chi connectivity index (χ2v) is 10.5. The van der Waals surface area contributed by atoms with Crippen molar-refractivity contribution in [1.82, 2.24) is 20.4 Å². The highest BCUT2D eigenvalue weighted by Crippen LogP contribution is 2.55. The van der Waals surface area contributed by atoms with Gasteiger partial charge >= 0.3 is 6.18 Å². The normalized spacial score (nSPS) is 31.2. The van der Waals surface area contributed by atoms with Gasteiger partial charge in [-0.25, -0.2) is 4.68 Å². The van der Waals surface area contributed by atoms with Crippen LogP contribution in [-0.4, -0.2) is 43.9 Å². The number of carbonyl (C=O) groups is 2. The Bertz CT molecular complexity index is 953. The van der Waals surface area contributed by atoms with E-state index in [1.54, 1.807) is 20.8 Å². The van der Waals surface area contributed by atoms with Gasteiger partial charge in [-0.15, -0.1) is 0 Å². The fraction of sp³-hybridized carbons (Fsp3) is 0.696. The summed E-state index contributed by atoms with van der Waals surface area (Å²) in [6.45, 7) is 4.99. The van der Waals surface area contributed by atoms with Crippen molar-refractivity contribution in [2.75, 3.05) is 0 Å². The molecule has 3 N–H and O–H groups in total. The lowest BCUT2D eigenvalue weighted by atomic mass is 9.52. The van der Waals surface area contributed by atoms with E-state index in [1.165, 1.54) is 6.08 Å². The Morgan fingerprint density at radius 2 is 1.88 bits per heavy atom. The summed E-state index contributed by atoms with van der Waals surface area (Å²) < 4.78 is 42.4. The number of nitrogens with one attached hydrogen (secondary N) is 2. The van der Waals surface area contributed by atoms with Crippen molar-refractivity contribution >= 4 is 18.0 Å². The van der Waals surface area contributed by atoms with Crippen molar-refractivity contribution in [3.63, 3.8) is 0 Å². The van der Waals surface area contributed by atoms with E-state index in [0.29, 0.717) is 23.4 Å². The minimum absolute atomic E-state index is 0.0810. The fourth-order valence-corrected chi connectivity index (χ4v) is 6.12. The van der Waals surface area contributed by atoms with Crippen LogP contribution in [0, 0.1) is 17.8 Å². The molecule has 33 heavy (non-hydrogen) atoms. The second-order valence-electron chi connectivity index (χ2n) is 10.5. The molecule has 4 bridgehead atoms. The van der Waals surface area contributed by atoms with Crippen LogP contribution in [0.2, 0.25) is 0 Å². The van der Waals surface area contributed by atoms with Gasteiger partial charge < -0.3 is 15.7 Å². The Hall–Kier alpha value is -2.36. The first-order valence-corrected chi connectivity index (χ1v) is 11.5. The molecular weight excluding hydrogens is 437 g/mol. The summed E-state index contributed by atoms with van der Waals surface area (Å²) >= 11 is 0. The minimum atomic E-state index is -4.80. The van der Waals surface area contributed by atoms with E-state index >= 15 is 0 Å². The number of carbonyl (C=O) groups excluding carboxylic acids is 2. The fourth-order valence-electron chi connectivity index (χ4n) is 6.12. The Morgan fingerprint density at radius 1 is 1.24 bits per heavy atom. The van der Waals surface area contributed by atoms with Crippen molar-refractivity contribution < 1.29 is 27.9 Å². The summed E-state index contributed by atoms with van der Waals surface area (Å²) in [5, 5.41) is 20.1. The first-order chi connectivity index (χ1) is 15.3. The molecule has 4 aliphatic carbocycles. The monoisotopic (exact) mass is 468 g/mol. The number of amides is 2. The maximum Gasteiger partial charge on any atom is 0.434 e. The van der Waals surface area contributed by atoms with E-state index in [2.05, 4.69) is 15.7 Å². The quantitative estimate of drug-likeness (QED) is 0.597. The number of alkyl halides is 3. The smallest absolute Gasteiger partial charge is 0.390 e. The lowest BCUT2D eigenvalue weighted by Crippen LogP contribution is -2.61. The lowest BCUT2D eigenvalue weighted by molar-refractivity contribution is -0.143. The molecule has 0 saturated heterocycles. The summed E-state index contributed by atoms with van der Waals surface area (Å²) in [5.74, 6) is -0.447. The van der Waals surface area contributed by atoms with Crippen LogP contribution >= 0.6 is 0 Å². The van der Waals surface area contributed by atoms with Crippen LogP contribution in [0.4, 0.5) is 13.2 Å². The highest BCUT2D eigenvalue weighted by Gasteiger charge is 2.55. The third-order valence-electron chi connectivity index (χ3n) is 7.26. The highest BCUT2D eigenvalue weighted by molar-refractivity contribution is 5.95. The Morgan fingerprint density at radius 3 is 2.42 bits per heavy atom. The molecule has 0 radical (unpaired) electrons. The first-order valence-electron chi connectivity index (χ1n) is 11.5. The Labute approximate surface area is 190 Å². The Balaban J connectivity index is 1.55. The van der Waals surface area contributed by atoms with E-state index in [-0.39, 0.29) is 30.2 Å². The van der Waals surface area contributed by atoms with Crippen molar-refractivity contribution in [1.29, 1.82) is 0 Å². The number of halogens is 3. The minimum Gasteiger partial charge on any atom is -0.390 e. The molecule has 182 valence electrons. The van der Waals surface area contributed by atoms with E-state index in [9.17, 15) is 27.9 Å². The molecular formula is C23H31F3N4O3. The van der Waals surface area contributed by atoms with E-state index in [0.717, 1.165) is 31.7 Å². The standard InChI is InChI=1S/C23H31F3N4O3/c1-4-17(31)29-21(2,3)5-6-30-19(23(24,25)26)16(12-27-30)20(32)28-18-14-7-13-8-15(18)11-22(33,9-13)10-14/h5-6,12-15,18,33H,4,7-11H2,1-3H3,(H,28,32)(H,29,31). The predicted molar refractivity (Wildman–Crippen MR) is 115 cm³/mol. The third-order valence-corrected chi connectivity index (χ3v) is 7.26. The molecule has 0 aliphatic heterocycles. The van der Waals surface area contributed by atoms with Gasteiger partial charge in [-0.1, -0.05) is 6.92 Å². The molecule has 10 heteroatoms. The summed E-state index contributed by atoms with van der Waals surface area (Å²) in [6.07, 6.45) is 2.62. The summed E-state index contributed by atoms with van der Waals surface area (Å²) in [4.78, 5) is 24.6. The second kappa shape index (κ2) is 8.14. The van der Waals surface area contributed by atoms with Crippen molar-refractivity contribution in [2.45, 2.75) is 82.7 Å². The van der Waals surface area contributed by atoms with Crippen molar-refractivity contribution in [2.24, 2.45) is 17.8 Å². The van der Waals surface area contributed by atoms with Gasteiger partial charge in [0.05, 0.1) is 22.9 Å². The zero-order chi connectivity index (χ0) is 24.2. The van der Waals surface area contributed by atoms with Gasteiger partial charge in [0, 0.05) is 18.7 Å². The molecule has 5 rings (SSSR count). The molecule has 4 saturated carbocycles. The average molecular weight is 469 g/mol. The van der Waals surface area contributed by atoms with Crippen LogP contribution in [0.3, 0.4) is 0 Å². The average Bonchev–Trinajstić information content (AvgIpc) is 3.12. The van der Waals surface area contributed by atoms with Crippen LogP contribution in [-0.2, 0) is 11.0 Å². The Kier molecular flexibility index (Phi) is 5.87. The topological polar surface area (TPSA) is 96.2 Å². The van der Waals surface area contributed by atoms with Gasteiger partial charge in [0.2, 0.25) is 5.91 Å². The third kappa shape index (κ3) is 4.81. The zero-order valence-electron chi connectivity index (χ0n) is 19.1. The summed E-state index contributed by atoms with van der Waals surface area (Å²) in [5.41, 5.74) is -3.28. The largest absolute Gasteiger partial charge is 0.434 e. The van der Waals surface area contributed by atoms with Gasteiger partial charge in [0.1, 0.15) is 0 Å². The van der Waals surface area contributed by atoms with Crippen molar-refractivity contribution in [3.05, 3.63) is 23.5 Å². The molecule has 1 heterocycles. The SMILES string of the molecule is CCC(=O)NC(C)(C)C=Cn1ncc(C(=O)NC2C3CC4CC2CC(O)(C4)C3)c1C(F)(F)F. The van der Waals surface area contributed by atoms with Crippen LogP contribution < -0.4 is 10.6 Å². The molecule has 4 fully saturated rings.